The van der Waals surface area contributed by atoms with Gasteiger partial charge in [-0.3, -0.25) is 4.79 Å². The molecule has 0 aliphatic carbocycles. The number of alkyl halides is 6. The molecule has 0 amide bonds. The number of nitrogens with one attached hydrogen (secondary N) is 2. The standard InChI is InChI=1S/C20H25F6N7O5S/c1-37-11-14(30-15-10-29-31-17(34)16(15)20(24,25)26)12-38-6-7-39(35,36)33-4-2-32(3-5-33)18-27-8-13(9-28-18)19(21,22)23/h8-10,14H,2-7,11-12H2,1H3,(H2,30,31,34). The first-order valence-corrected chi connectivity index (χ1v) is 12.9. The maximum Gasteiger partial charge on any atom is 0.423 e. The Labute approximate surface area is 218 Å². The number of piperazine rings is 1. The zero-order valence-electron chi connectivity index (χ0n) is 20.4. The lowest BCUT2D eigenvalue weighted by Crippen LogP contribution is -2.50. The molecule has 1 aliphatic rings. The third kappa shape index (κ3) is 8.23. The molecule has 39 heavy (non-hydrogen) atoms. The highest BCUT2D eigenvalue weighted by Crippen LogP contribution is 2.32. The van der Waals surface area contributed by atoms with Crippen LogP contribution in [0, 0.1) is 0 Å². The highest BCUT2D eigenvalue weighted by molar-refractivity contribution is 7.89. The molecule has 3 rings (SSSR count). The van der Waals surface area contributed by atoms with Gasteiger partial charge in [0.2, 0.25) is 16.0 Å². The fourth-order valence-electron chi connectivity index (χ4n) is 3.66. The molecular weight excluding hydrogens is 564 g/mol. The average molecular weight is 590 g/mol. The second kappa shape index (κ2) is 12.4. The second-order valence-electron chi connectivity index (χ2n) is 8.33. The molecule has 1 aliphatic heterocycles. The molecule has 1 fully saturated rings. The molecule has 218 valence electrons. The number of hydrogen-bond acceptors (Lipinski definition) is 10. The maximum atomic E-state index is 13.3. The Balaban J connectivity index is 1.50. The van der Waals surface area contributed by atoms with Gasteiger partial charge in [-0.2, -0.15) is 35.7 Å². The molecule has 1 saturated heterocycles. The molecule has 0 aromatic carbocycles. The molecule has 1 unspecified atom stereocenters. The van der Waals surface area contributed by atoms with E-state index in [1.54, 1.807) is 10.00 Å². The number of aromatic nitrogens is 4. The van der Waals surface area contributed by atoms with Gasteiger partial charge in [0.25, 0.3) is 5.56 Å². The Morgan fingerprint density at radius 1 is 1.03 bits per heavy atom. The van der Waals surface area contributed by atoms with E-state index in [1.807, 2.05) is 0 Å². The Kier molecular flexibility index (Phi) is 9.73. The van der Waals surface area contributed by atoms with Gasteiger partial charge in [0, 0.05) is 45.7 Å². The fraction of sp³-hybridized carbons (Fsp3) is 0.600. The number of sulfonamides is 1. The lowest BCUT2D eigenvalue weighted by atomic mass is 10.2. The number of aromatic amines is 1. The van der Waals surface area contributed by atoms with E-state index in [2.05, 4.69) is 20.4 Å². The van der Waals surface area contributed by atoms with Crippen molar-refractivity contribution < 1.29 is 44.2 Å². The number of anilines is 2. The Morgan fingerprint density at radius 2 is 1.67 bits per heavy atom. The van der Waals surface area contributed by atoms with Crippen molar-refractivity contribution in [2.75, 3.05) is 69.1 Å². The zero-order valence-corrected chi connectivity index (χ0v) is 21.2. The quantitative estimate of drug-likeness (QED) is 0.290. The first-order valence-electron chi connectivity index (χ1n) is 11.3. The van der Waals surface area contributed by atoms with E-state index in [0.29, 0.717) is 12.4 Å². The molecule has 0 radical (unpaired) electrons. The monoisotopic (exact) mass is 589 g/mol. The largest absolute Gasteiger partial charge is 0.423 e. The summed E-state index contributed by atoms with van der Waals surface area (Å²) in [7, 11) is -2.48. The van der Waals surface area contributed by atoms with Crippen LogP contribution in [0.3, 0.4) is 0 Å². The van der Waals surface area contributed by atoms with Crippen LogP contribution in [0.2, 0.25) is 0 Å². The summed E-state index contributed by atoms with van der Waals surface area (Å²) in [4.78, 5) is 20.6. The minimum Gasteiger partial charge on any atom is -0.382 e. The molecule has 1 atom stereocenters. The van der Waals surface area contributed by atoms with Gasteiger partial charge in [0.05, 0.1) is 49.1 Å². The molecule has 3 heterocycles. The average Bonchev–Trinajstić information content (AvgIpc) is 2.85. The van der Waals surface area contributed by atoms with Crippen LogP contribution >= 0.6 is 0 Å². The Morgan fingerprint density at radius 3 is 2.23 bits per heavy atom. The number of ether oxygens (including phenoxy) is 2. The van der Waals surface area contributed by atoms with Gasteiger partial charge in [-0.1, -0.05) is 0 Å². The van der Waals surface area contributed by atoms with E-state index in [9.17, 15) is 39.6 Å². The highest BCUT2D eigenvalue weighted by atomic mass is 32.2. The molecule has 0 bridgehead atoms. The van der Waals surface area contributed by atoms with E-state index in [1.165, 1.54) is 11.4 Å². The van der Waals surface area contributed by atoms with Crippen molar-refractivity contribution in [3.63, 3.8) is 0 Å². The van der Waals surface area contributed by atoms with Gasteiger partial charge >= 0.3 is 12.4 Å². The number of methoxy groups -OCH3 is 1. The third-order valence-corrected chi connectivity index (χ3v) is 7.39. The number of rotatable bonds is 11. The van der Waals surface area contributed by atoms with E-state index < -0.39 is 56.5 Å². The van der Waals surface area contributed by atoms with Crippen molar-refractivity contribution >= 4 is 21.7 Å². The summed E-state index contributed by atoms with van der Waals surface area (Å²) in [5, 5.41) is 7.59. The van der Waals surface area contributed by atoms with Crippen LogP contribution in [0.4, 0.5) is 38.0 Å². The zero-order chi connectivity index (χ0) is 28.8. The van der Waals surface area contributed by atoms with Crippen molar-refractivity contribution in [2.24, 2.45) is 0 Å². The van der Waals surface area contributed by atoms with Crippen LogP contribution in [0.25, 0.3) is 0 Å². The van der Waals surface area contributed by atoms with E-state index >= 15 is 0 Å². The van der Waals surface area contributed by atoms with Crippen molar-refractivity contribution in [3.8, 4) is 0 Å². The van der Waals surface area contributed by atoms with Crippen LogP contribution in [-0.2, 0) is 31.8 Å². The molecule has 12 nitrogen and oxygen atoms in total. The van der Waals surface area contributed by atoms with Crippen molar-refractivity contribution in [1.29, 1.82) is 0 Å². The summed E-state index contributed by atoms with van der Waals surface area (Å²) in [5.74, 6) is -0.381. The lowest BCUT2D eigenvalue weighted by Gasteiger charge is -2.34. The predicted molar refractivity (Wildman–Crippen MR) is 125 cm³/mol. The molecule has 0 saturated carbocycles. The number of H-pyrrole nitrogens is 1. The van der Waals surface area contributed by atoms with Crippen molar-refractivity contribution in [3.05, 3.63) is 40.1 Å². The molecule has 2 aromatic heterocycles. The predicted octanol–water partition coefficient (Wildman–Crippen LogP) is 1.19. The Hall–Kier alpha value is -3.03. The van der Waals surface area contributed by atoms with Crippen LogP contribution in [0.1, 0.15) is 11.1 Å². The molecule has 19 heteroatoms. The Bertz CT molecular complexity index is 1250. The first kappa shape index (κ1) is 30.5. The van der Waals surface area contributed by atoms with Crippen LogP contribution in [0.15, 0.2) is 23.4 Å². The number of nitrogens with zero attached hydrogens (tertiary/aromatic N) is 5. The topological polar surface area (TPSA) is 143 Å². The SMILES string of the molecule is COCC(COCCS(=O)(=O)N1CCN(c2ncc(C(F)(F)F)cn2)CC1)Nc1cn[nH]c(=O)c1C(F)(F)F. The van der Waals surface area contributed by atoms with Crippen molar-refractivity contribution in [2.45, 2.75) is 18.4 Å². The number of halogens is 6. The van der Waals surface area contributed by atoms with Gasteiger partial charge in [-0.15, -0.1) is 0 Å². The van der Waals surface area contributed by atoms with Gasteiger partial charge in [-0.25, -0.2) is 23.5 Å². The minimum atomic E-state index is -4.95. The van der Waals surface area contributed by atoms with E-state index in [-0.39, 0.29) is 51.9 Å². The molecule has 0 spiro atoms. The smallest absolute Gasteiger partial charge is 0.382 e. The molecular formula is C20H25F6N7O5S. The summed E-state index contributed by atoms with van der Waals surface area (Å²) in [6.07, 6.45) is -7.41. The first-order chi connectivity index (χ1) is 18.2. The maximum absolute atomic E-state index is 13.3. The summed E-state index contributed by atoms with van der Waals surface area (Å²) in [6, 6.07) is -0.866. The van der Waals surface area contributed by atoms with Gasteiger partial charge in [-0.05, 0) is 0 Å². The second-order valence-corrected chi connectivity index (χ2v) is 10.4. The van der Waals surface area contributed by atoms with E-state index in [4.69, 9.17) is 9.47 Å². The van der Waals surface area contributed by atoms with Crippen molar-refractivity contribution in [1.82, 2.24) is 24.5 Å². The minimum absolute atomic E-state index is 0.0380. The van der Waals surface area contributed by atoms with Gasteiger partial charge in [0.1, 0.15) is 5.56 Å². The van der Waals surface area contributed by atoms with Crippen LogP contribution in [0.5, 0.6) is 0 Å². The number of hydrogen-bond donors (Lipinski definition) is 2. The fourth-order valence-corrected chi connectivity index (χ4v) is 4.96. The molecule has 2 N–H and O–H groups in total. The third-order valence-electron chi connectivity index (χ3n) is 5.55. The highest BCUT2D eigenvalue weighted by Gasteiger charge is 2.38. The summed E-state index contributed by atoms with van der Waals surface area (Å²) in [5.41, 5.74) is -4.48. The summed E-state index contributed by atoms with van der Waals surface area (Å²) in [6.45, 7) is -0.273. The van der Waals surface area contributed by atoms with E-state index in [0.717, 1.165) is 6.20 Å². The van der Waals surface area contributed by atoms with Crippen LogP contribution < -0.4 is 15.8 Å². The summed E-state index contributed by atoms with van der Waals surface area (Å²) >= 11 is 0. The normalized spacial score (nSPS) is 16.3. The lowest BCUT2D eigenvalue weighted by molar-refractivity contribution is -0.139. The van der Waals surface area contributed by atoms with Gasteiger partial charge in [0.15, 0.2) is 0 Å². The van der Waals surface area contributed by atoms with Gasteiger partial charge < -0.3 is 19.7 Å². The molecule has 2 aromatic rings. The summed E-state index contributed by atoms with van der Waals surface area (Å²) < 4.78 is 115. The van der Waals surface area contributed by atoms with Crippen LogP contribution in [-0.4, -0.2) is 97.8 Å².